The van der Waals surface area contributed by atoms with Crippen molar-refractivity contribution >= 4 is 40.0 Å². The molecular weight excluding hydrogens is 352 g/mol. The number of nitrogens with zero attached hydrogens (tertiary/aromatic N) is 2. The number of aromatic amines is 1. The number of aromatic nitrogens is 3. The second kappa shape index (κ2) is 8.06. The van der Waals surface area contributed by atoms with Gasteiger partial charge >= 0.3 is 5.97 Å². The first-order chi connectivity index (χ1) is 11.4. The van der Waals surface area contributed by atoms with Gasteiger partial charge in [-0.05, 0) is 26.3 Å². The van der Waals surface area contributed by atoms with Crippen LogP contribution in [0.5, 0.6) is 0 Å². The topological polar surface area (TPSA) is 114 Å². The minimum absolute atomic E-state index is 0.0207. The molecule has 0 unspecified atom stereocenters. The molecular formula is C14H16N4O4S2. The van der Waals surface area contributed by atoms with Crippen LogP contribution in [-0.4, -0.2) is 39.4 Å². The van der Waals surface area contributed by atoms with E-state index in [1.807, 2.05) is 13.8 Å². The van der Waals surface area contributed by atoms with Gasteiger partial charge in [0.05, 0.1) is 17.9 Å². The summed E-state index contributed by atoms with van der Waals surface area (Å²) in [4.78, 5) is 38.7. The predicted octanol–water partition coefficient (Wildman–Crippen LogP) is 1.75. The third kappa shape index (κ3) is 4.42. The number of hydrogen-bond acceptors (Lipinski definition) is 8. The SMILES string of the molecule is CCOC(=O)c1c(NC(=O)CSc2nncc(=O)[nH]2)sc(C)c1C. The number of aryl methyl sites for hydroxylation is 1. The molecule has 0 bridgehead atoms. The van der Waals surface area contributed by atoms with Crippen molar-refractivity contribution in [3.8, 4) is 0 Å². The number of amides is 1. The van der Waals surface area contributed by atoms with Crippen LogP contribution < -0.4 is 10.9 Å². The van der Waals surface area contributed by atoms with Crippen LogP contribution in [0, 0.1) is 13.8 Å². The number of nitrogens with one attached hydrogen (secondary N) is 2. The Morgan fingerprint density at radius 3 is 2.83 bits per heavy atom. The molecule has 0 radical (unpaired) electrons. The maximum atomic E-state index is 12.1. The Morgan fingerprint density at radius 1 is 1.42 bits per heavy atom. The van der Waals surface area contributed by atoms with Gasteiger partial charge in [0.2, 0.25) is 5.91 Å². The van der Waals surface area contributed by atoms with Crippen LogP contribution in [0.1, 0.15) is 27.7 Å². The highest BCUT2D eigenvalue weighted by atomic mass is 32.2. The Kier molecular flexibility index (Phi) is 6.10. The number of hydrogen-bond donors (Lipinski definition) is 2. The highest BCUT2D eigenvalue weighted by Gasteiger charge is 2.22. The summed E-state index contributed by atoms with van der Waals surface area (Å²) >= 11 is 2.36. The molecule has 0 aliphatic heterocycles. The molecule has 1 amide bonds. The van der Waals surface area contributed by atoms with Crippen LogP contribution in [0.4, 0.5) is 5.00 Å². The van der Waals surface area contributed by atoms with Gasteiger partial charge in [-0.1, -0.05) is 11.8 Å². The summed E-state index contributed by atoms with van der Waals surface area (Å²) in [5, 5.41) is 10.7. The number of esters is 1. The van der Waals surface area contributed by atoms with E-state index in [0.29, 0.717) is 10.6 Å². The van der Waals surface area contributed by atoms with E-state index in [0.717, 1.165) is 28.4 Å². The van der Waals surface area contributed by atoms with E-state index < -0.39 is 5.97 Å². The van der Waals surface area contributed by atoms with E-state index in [4.69, 9.17) is 4.74 Å². The van der Waals surface area contributed by atoms with E-state index in [-0.39, 0.29) is 29.0 Å². The van der Waals surface area contributed by atoms with Gasteiger partial charge in [-0.25, -0.2) is 4.79 Å². The molecule has 0 aliphatic carbocycles. The van der Waals surface area contributed by atoms with Crippen LogP contribution in [0.2, 0.25) is 0 Å². The quantitative estimate of drug-likeness (QED) is 0.590. The lowest BCUT2D eigenvalue weighted by Crippen LogP contribution is -2.17. The molecule has 0 fully saturated rings. The van der Waals surface area contributed by atoms with Crippen LogP contribution in [0.25, 0.3) is 0 Å². The van der Waals surface area contributed by atoms with Crippen molar-refractivity contribution in [2.24, 2.45) is 0 Å². The fourth-order valence-corrected chi connectivity index (χ4v) is 3.50. The van der Waals surface area contributed by atoms with Gasteiger partial charge in [0, 0.05) is 4.88 Å². The molecule has 0 saturated heterocycles. The number of rotatable bonds is 6. The highest BCUT2D eigenvalue weighted by molar-refractivity contribution is 7.99. The van der Waals surface area contributed by atoms with Gasteiger partial charge in [0.1, 0.15) is 11.2 Å². The van der Waals surface area contributed by atoms with Crippen molar-refractivity contribution < 1.29 is 14.3 Å². The normalized spacial score (nSPS) is 10.5. The largest absolute Gasteiger partial charge is 0.462 e. The number of anilines is 1. The lowest BCUT2D eigenvalue weighted by molar-refractivity contribution is -0.113. The summed E-state index contributed by atoms with van der Waals surface area (Å²) in [6, 6.07) is 0. The highest BCUT2D eigenvalue weighted by Crippen LogP contribution is 2.33. The Labute approximate surface area is 146 Å². The number of thioether (sulfide) groups is 1. The standard InChI is InChI=1S/C14H16N4O4S2/c1-4-22-13(21)11-7(2)8(3)24-12(11)16-10(20)6-23-14-17-9(19)5-15-18-14/h5H,4,6H2,1-3H3,(H,16,20)(H,17,18,19). The molecule has 2 aromatic heterocycles. The third-order valence-electron chi connectivity index (χ3n) is 3.01. The van der Waals surface area contributed by atoms with Gasteiger partial charge in [-0.15, -0.1) is 16.4 Å². The number of carbonyl (C=O) groups excluding carboxylic acids is 2. The maximum absolute atomic E-state index is 12.1. The van der Waals surface area contributed by atoms with Crippen molar-refractivity contribution in [3.05, 3.63) is 32.6 Å². The number of ether oxygens (including phenoxy) is 1. The molecule has 2 N–H and O–H groups in total. The summed E-state index contributed by atoms with van der Waals surface area (Å²) in [5.74, 6) is -0.758. The monoisotopic (exact) mass is 368 g/mol. The van der Waals surface area contributed by atoms with Gasteiger partial charge in [-0.2, -0.15) is 5.10 Å². The molecule has 2 heterocycles. The first-order valence-electron chi connectivity index (χ1n) is 7.04. The minimum atomic E-state index is -0.458. The lowest BCUT2D eigenvalue weighted by Gasteiger charge is -2.06. The fraction of sp³-hybridized carbons (Fsp3) is 0.357. The number of H-pyrrole nitrogens is 1. The van der Waals surface area contributed by atoms with Crippen molar-refractivity contribution in [1.82, 2.24) is 15.2 Å². The van der Waals surface area contributed by atoms with Crippen LogP contribution in [0.15, 0.2) is 16.1 Å². The second-order valence-electron chi connectivity index (χ2n) is 4.68. The van der Waals surface area contributed by atoms with Crippen LogP contribution in [-0.2, 0) is 9.53 Å². The molecule has 0 saturated carbocycles. The average molecular weight is 368 g/mol. The molecule has 0 spiro atoms. The molecule has 10 heteroatoms. The molecule has 8 nitrogen and oxygen atoms in total. The minimum Gasteiger partial charge on any atom is -0.462 e. The second-order valence-corrected chi connectivity index (χ2v) is 6.87. The summed E-state index contributed by atoms with van der Waals surface area (Å²) in [6.45, 7) is 5.67. The van der Waals surface area contributed by atoms with Gasteiger partial charge < -0.3 is 10.1 Å². The Hall–Kier alpha value is -2.20. The fourth-order valence-electron chi connectivity index (χ4n) is 1.82. The zero-order chi connectivity index (χ0) is 17.7. The van der Waals surface area contributed by atoms with Crippen LogP contribution in [0.3, 0.4) is 0 Å². The van der Waals surface area contributed by atoms with Gasteiger partial charge in [0.25, 0.3) is 5.56 Å². The molecule has 0 aromatic carbocycles. The van der Waals surface area contributed by atoms with E-state index in [1.165, 1.54) is 11.3 Å². The van der Waals surface area contributed by atoms with Crippen molar-refractivity contribution in [2.45, 2.75) is 25.9 Å². The Balaban J connectivity index is 2.07. The zero-order valence-corrected chi connectivity index (χ0v) is 15.0. The summed E-state index contributed by atoms with van der Waals surface area (Å²) in [6.07, 6.45) is 1.05. The van der Waals surface area contributed by atoms with E-state index in [2.05, 4.69) is 20.5 Å². The van der Waals surface area contributed by atoms with Gasteiger partial charge in [0.15, 0.2) is 5.16 Å². The van der Waals surface area contributed by atoms with Crippen molar-refractivity contribution in [1.29, 1.82) is 0 Å². The van der Waals surface area contributed by atoms with Gasteiger partial charge in [-0.3, -0.25) is 14.6 Å². The lowest BCUT2D eigenvalue weighted by atomic mass is 10.1. The smallest absolute Gasteiger partial charge is 0.341 e. The molecule has 2 aromatic rings. The summed E-state index contributed by atoms with van der Waals surface area (Å²) in [5.41, 5.74) is 0.785. The summed E-state index contributed by atoms with van der Waals surface area (Å²) in [7, 11) is 0. The molecule has 128 valence electrons. The van der Waals surface area contributed by atoms with E-state index >= 15 is 0 Å². The molecule has 0 aliphatic rings. The molecule has 2 rings (SSSR count). The summed E-state index contributed by atoms with van der Waals surface area (Å²) < 4.78 is 5.04. The Morgan fingerprint density at radius 2 is 2.17 bits per heavy atom. The average Bonchev–Trinajstić information content (AvgIpc) is 2.80. The molecule has 24 heavy (non-hydrogen) atoms. The molecule has 0 atom stereocenters. The van der Waals surface area contributed by atoms with Crippen LogP contribution >= 0.6 is 23.1 Å². The zero-order valence-electron chi connectivity index (χ0n) is 13.3. The van der Waals surface area contributed by atoms with E-state index in [9.17, 15) is 14.4 Å². The first-order valence-corrected chi connectivity index (χ1v) is 8.84. The number of carbonyl (C=O) groups is 2. The van der Waals surface area contributed by atoms with Crippen molar-refractivity contribution in [3.63, 3.8) is 0 Å². The van der Waals surface area contributed by atoms with Crippen molar-refractivity contribution in [2.75, 3.05) is 17.7 Å². The van der Waals surface area contributed by atoms with E-state index in [1.54, 1.807) is 6.92 Å². The Bertz CT molecular complexity index is 815. The predicted molar refractivity (Wildman–Crippen MR) is 91.8 cm³/mol. The third-order valence-corrected chi connectivity index (χ3v) is 5.00. The maximum Gasteiger partial charge on any atom is 0.341 e. The first kappa shape index (κ1) is 18.1. The number of thiophene rings is 1.